The summed E-state index contributed by atoms with van der Waals surface area (Å²) >= 11 is 0. The molecule has 5 rings (SSSR count). The first-order chi connectivity index (χ1) is 11.1. The Balaban J connectivity index is 1.94. The van der Waals surface area contributed by atoms with Crippen LogP contribution in [0.25, 0.3) is 11.4 Å². The first-order valence-electron chi connectivity index (χ1n) is 8.21. The van der Waals surface area contributed by atoms with Crippen LogP contribution in [-0.2, 0) is 0 Å². The maximum absolute atomic E-state index is 10.9. The largest absolute Gasteiger partial charge is 0.392 e. The van der Waals surface area contributed by atoms with E-state index in [0.717, 1.165) is 5.82 Å². The number of aliphatic hydroxyl groups is 1. The zero-order valence-electron chi connectivity index (χ0n) is 13.4. The first-order valence-corrected chi connectivity index (χ1v) is 8.21. The molecule has 0 saturated carbocycles. The molecular weight excluding hydrogens is 284 g/mol. The van der Waals surface area contributed by atoms with Gasteiger partial charge in [0.1, 0.15) is 5.82 Å². The van der Waals surface area contributed by atoms with E-state index in [0.29, 0.717) is 6.42 Å². The Morgan fingerprint density at radius 3 is 2.78 bits per heavy atom. The van der Waals surface area contributed by atoms with Gasteiger partial charge >= 0.3 is 0 Å². The topological polar surface area (TPSA) is 35.5 Å². The molecule has 3 nitrogen and oxygen atoms in total. The van der Waals surface area contributed by atoms with E-state index >= 15 is 0 Å². The fraction of sp³-hybridized carbons (Fsp3) is 0.300. The molecule has 3 aliphatic heterocycles. The van der Waals surface area contributed by atoms with E-state index in [1.165, 1.54) is 21.7 Å². The molecule has 1 aliphatic carbocycles. The highest BCUT2D eigenvalue weighted by atomic mass is 16.3. The number of nitrogens with one attached hydrogen (secondary N) is 1. The number of piperidine rings is 1. The van der Waals surface area contributed by atoms with Crippen LogP contribution in [0, 0.1) is 5.41 Å². The van der Waals surface area contributed by atoms with Crippen molar-refractivity contribution >= 4 is 11.4 Å². The second-order valence-electron chi connectivity index (χ2n) is 7.40. The predicted octanol–water partition coefficient (Wildman–Crippen LogP) is 1.32. The smallest absolute Gasteiger partial charge is 0.119 e. The molecule has 1 aromatic carbocycles. The lowest BCUT2D eigenvalue weighted by Gasteiger charge is -2.56. The van der Waals surface area contributed by atoms with Crippen LogP contribution in [0.4, 0.5) is 0 Å². The van der Waals surface area contributed by atoms with E-state index in [2.05, 4.69) is 78.8 Å². The molecule has 1 fully saturated rings. The van der Waals surface area contributed by atoms with Gasteiger partial charge in [0.15, 0.2) is 0 Å². The van der Waals surface area contributed by atoms with Gasteiger partial charge in [-0.25, -0.2) is 0 Å². The van der Waals surface area contributed by atoms with E-state index in [-0.39, 0.29) is 17.1 Å². The maximum Gasteiger partial charge on any atom is 0.119 e. The monoisotopic (exact) mass is 304 g/mol. The van der Waals surface area contributed by atoms with Crippen molar-refractivity contribution in [2.24, 2.45) is 5.41 Å². The van der Waals surface area contributed by atoms with Gasteiger partial charge in [0, 0.05) is 29.0 Å². The van der Waals surface area contributed by atoms with Crippen molar-refractivity contribution in [2.75, 3.05) is 0 Å². The summed E-state index contributed by atoms with van der Waals surface area (Å²) in [5.41, 5.74) is 1.89. The van der Waals surface area contributed by atoms with Crippen molar-refractivity contribution in [1.29, 1.82) is 0 Å². The van der Waals surface area contributed by atoms with Gasteiger partial charge in [-0.05, 0) is 10.8 Å². The lowest BCUT2D eigenvalue weighted by molar-refractivity contribution is -0.00386. The summed E-state index contributed by atoms with van der Waals surface area (Å²) in [4.78, 5) is 2.41. The van der Waals surface area contributed by atoms with Crippen LogP contribution in [-0.4, -0.2) is 21.6 Å². The molecule has 2 atom stereocenters. The van der Waals surface area contributed by atoms with Gasteiger partial charge in [-0.3, -0.25) is 0 Å². The number of aliphatic hydroxyl groups excluding tert-OH is 1. The summed E-state index contributed by atoms with van der Waals surface area (Å²) in [6.07, 6.45) is 11.0. The Hall–Kier alpha value is -2.26. The third kappa shape index (κ3) is 1.39. The molecule has 0 aromatic heterocycles. The molecule has 0 radical (unpaired) electrons. The van der Waals surface area contributed by atoms with Gasteiger partial charge in [-0.2, -0.15) is 0 Å². The zero-order valence-corrected chi connectivity index (χ0v) is 13.4. The van der Waals surface area contributed by atoms with Crippen LogP contribution >= 0.6 is 0 Å². The number of fused-ring (bicyclic) bond motifs is 1. The second-order valence-corrected chi connectivity index (χ2v) is 7.40. The molecule has 23 heavy (non-hydrogen) atoms. The third-order valence-corrected chi connectivity index (χ3v) is 5.89. The SMILES string of the molecule is CC1(C)C2=CNC3=c4ccccc4=C4C=CC=CC4(CC1O)N23. The number of hydrogen-bond acceptors (Lipinski definition) is 3. The summed E-state index contributed by atoms with van der Waals surface area (Å²) in [6.45, 7) is 4.26. The Morgan fingerprint density at radius 1 is 1.17 bits per heavy atom. The lowest BCUT2D eigenvalue weighted by Crippen LogP contribution is -2.63. The molecule has 1 spiro atoms. The first kappa shape index (κ1) is 13.2. The standard InChI is InChI=1S/C20H20N2O/c1-19(2)16-12-21-18-14-8-4-3-7-13(14)15-9-5-6-10-20(15,22(16)18)11-17(19)23/h3-10,12,17,21,23H,11H2,1-2H3. The molecule has 2 N–H and O–H groups in total. The summed E-state index contributed by atoms with van der Waals surface area (Å²) in [5, 5.41) is 16.9. The van der Waals surface area contributed by atoms with E-state index in [4.69, 9.17) is 0 Å². The van der Waals surface area contributed by atoms with Crippen LogP contribution in [0.15, 0.2) is 60.5 Å². The summed E-state index contributed by atoms with van der Waals surface area (Å²) < 4.78 is 0. The maximum atomic E-state index is 10.9. The Morgan fingerprint density at radius 2 is 1.96 bits per heavy atom. The molecule has 0 bridgehead atoms. The molecule has 3 heterocycles. The van der Waals surface area contributed by atoms with E-state index in [1.807, 2.05) is 0 Å². The second kappa shape index (κ2) is 3.98. The van der Waals surface area contributed by atoms with Gasteiger partial charge in [0.05, 0.1) is 11.6 Å². The number of rotatable bonds is 0. The molecule has 1 aromatic rings. The minimum Gasteiger partial charge on any atom is -0.392 e. The highest BCUT2D eigenvalue weighted by Crippen LogP contribution is 2.53. The van der Waals surface area contributed by atoms with Crippen LogP contribution in [0.2, 0.25) is 0 Å². The van der Waals surface area contributed by atoms with Crippen molar-refractivity contribution < 1.29 is 5.11 Å². The van der Waals surface area contributed by atoms with Crippen LogP contribution in [0.5, 0.6) is 0 Å². The van der Waals surface area contributed by atoms with Gasteiger partial charge in [-0.1, -0.05) is 62.4 Å². The molecule has 116 valence electrons. The van der Waals surface area contributed by atoms with Crippen LogP contribution in [0.1, 0.15) is 20.3 Å². The van der Waals surface area contributed by atoms with Crippen molar-refractivity contribution in [2.45, 2.75) is 31.9 Å². The van der Waals surface area contributed by atoms with Crippen molar-refractivity contribution in [1.82, 2.24) is 10.2 Å². The normalized spacial score (nSPS) is 32.0. The van der Waals surface area contributed by atoms with Gasteiger partial charge in [-0.15, -0.1) is 0 Å². The molecular formula is C20H20N2O. The summed E-state index contributed by atoms with van der Waals surface area (Å²) in [7, 11) is 0. The van der Waals surface area contributed by atoms with E-state index in [9.17, 15) is 5.11 Å². The third-order valence-electron chi connectivity index (χ3n) is 5.89. The minimum atomic E-state index is -0.387. The van der Waals surface area contributed by atoms with Crippen molar-refractivity contribution in [3.63, 3.8) is 0 Å². The Kier molecular flexibility index (Phi) is 2.28. The molecule has 4 aliphatic rings. The fourth-order valence-electron chi connectivity index (χ4n) is 4.51. The van der Waals surface area contributed by atoms with Gasteiger partial charge in [0.2, 0.25) is 0 Å². The summed E-state index contributed by atoms with van der Waals surface area (Å²) in [6, 6.07) is 8.54. The average molecular weight is 304 g/mol. The molecule has 0 amide bonds. The number of nitrogens with zero attached hydrogens (tertiary/aromatic N) is 1. The Labute approximate surface area is 135 Å². The summed E-state index contributed by atoms with van der Waals surface area (Å²) in [5.74, 6) is 1.14. The highest BCUT2D eigenvalue weighted by Gasteiger charge is 2.56. The lowest BCUT2D eigenvalue weighted by atomic mass is 9.66. The van der Waals surface area contributed by atoms with E-state index in [1.54, 1.807) is 0 Å². The average Bonchev–Trinajstić information content (AvgIpc) is 3.01. The van der Waals surface area contributed by atoms with Crippen LogP contribution in [0.3, 0.4) is 0 Å². The van der Waals surface area contributed by atoms with Crippen molar-refractivity contribution in [3.05, 3.63) is 70.9 Å². The number of hydrogen-bond donors (Lipinski definition) is 2. The van der Waals surface area contributed by atoms with Crippen molar-refractivity contribution in [3.8, 4) is 0 Å². The van der Waals surface area contributed by atoms with Gasteiger partial charge < -0.3 is 15.3 Å². The Bertz CT molecular complexity index is 935. The minimum absolute atomic E-state index is 0.271. The molecule has 3 heteroatoms. The number of benzene rings is 1. The zero-order chi connectivity index (χ0) is 15.8. The predicted molar refractivity (Wildman–Crippen MR) is 91.0 cm³/mol. The van der Waals surface area contributed by atoms with Crippen LogP contribution < -0.4 is 15.8 Å². The number of allylic oxidation sites excluding steroid dienone is 2. The fourth-order valence-corrected chi connectivity index (χ4v) is 4.51. The van der Waals surface area contributed by atoms with E-state index < -0.39 is 0 Å². The quantitative estimate of drug-likeness (QED) is 0.759. The van der Waals surface area contributed by atoms with Gasteiger partial charge in [0.25, 0.3) is 0 Å². The highest BCUT2D eigenvalue weighted by molar-refractivity contribution is 5.79. The molecule has 1 saturated heterocycles. The molecule has 2 unspecified atom stereocenters.